The molecule has 2 aromatic rings. The fraction of sp³-hybridized carbons (Fsp3) is 0.450. The quantitative estimate of drug-likeness (QED) is 0.837. The van der Waals surface area contributed by atoms with E-state index in [0.717, 1.165) is 37.1 Å². The lowest BCUT2D eigenvalue weighted by Gasteiger charge is -2.23. The molecule has 0 unspecified atom stereocenters. The van der Waals surface area contributed by atoms with Crippen molar-refractivity contribution >= 4 is 23.4 Å². The summed E-state index contributed by atoms with van der Waals surface area (Å²) in [6.45, 7) is 1.92. The highest BCUT2D eigenvalue weighted by molar-refractivity contribution is 6.00. The van der Waals surface area contributed by atoms with Crippen LogP contribution in [0.25, 0.3) is 0 Å². The SMILES string of the molecule is Cc1cnc(Nc2cc(F)ccc2C(=O)NC2CCCCC2)nc1N(C)C. The number of nitrogens with zero attached hydrogens (tertiary/aromatic N) is 3. The second kappa shape index (κ2) is 8.33. The summed E-state index contributed by atoms with van der Waals surface area (Å²) in [5.74, 6) is 0.453. The number of aryl methyl sites for hydroxylation is 1. The van der Waals surface area contributed by atoms with Gasteiger partial charge in [0.2, 0.25) is 5.95 Å². The Balaban J connectivity index is 1.84. The molecular formula is C20H26FN5O. The molecule has 1 aromatic carbocycles. The van der Waals surface area contributed by atoms with Gasteiger partial charge in [0.05, 0.1) is 11.3 Å². The summed E-state index contributed by atoms with van der Waals surface area (Å²) in [4.78, 5) is 23.3. The smallest absolute Gasteiger partial charge is 0.253 e. The van der Waals surface area contributed by atoms with Crippen molar-refractivity contribution in [2.75, 3.05) is 24.3 Å². The minimum Gasteiger partial charge on any atom is -0.362 e. The molecule has 0 bridgehead atoms. The van der Waals surface area contributed by atoms with Gasteiger partial charge in [0, 0.05) is 31.9 Å². The van der Waals surface area contributed by atoms with Crippen LogP contribution in [0.3, 0.4) is 0 Å². The van der Waals surface area contributed by atoms with Gasteiger partial charge < -0.3 is 15.5 Å². The Hall–Kier alpha value is -2.70. The molecule has 3 rings (SSSR count). The zero-order valence-electron chi connectivity index (χ0n) is 16.1. The van der Waals surface area contributed by atoms with Crippen molar-refractivity contribution in [1.82, 2.24) is 15.3 Å². The Morgan fingerprint density at radius 2 is 1.96 bits per heavy atom. The number of carbonyl (C=O) groups is 1. The second-order valence-electron chi connectivity index (χ2n) is 7.22. The Kier molecular flexibility index (Phi) is 5.88. The Labute approximate surface area is 159 Å². The topological polar surface area (TPSA) is 70.1 Å². The van der Waals surface area contributed by atoms with Crippen molar-refractivity contribution in [3.05, 3.63) is 41.3 Å². The van der Waals surface area contributed by atoms with E-state index in [4.69, 9.17) is 0 Å². The van der Waals surface area contributed by atoms with Crippen molar-refractivity contribution in [3.8, 4) is 0 Å². The van der Waals surface area contributed by atoms with Crippen molar-refractivity contribution < 1.29 is 9.18 Å². The van der Waals surface area contributed by atoms with E-state index >= 15 is 0 Å². The highest BCUT2D eigenvalue weighted by atomic mass is 19.1. The predicted octanol–water partition coefficient (Wildman–Crippen LogP) is 3.80. The molecule has 7 heteroatoms. The first kappa shape index (κ1) is 19.1. The zero-order chi connectivity index (χ0) is 19.4. The van der Waals surface area contributed by atoms with E-state index in [9.17, 15) is 9.18 Å². The average Bonchev–Trinajstić information content (AvgIpc) is 2.64. The molecule has 6 nitrogen and oxygen atoms in total. The fourth-order valence-electron chi connectivity index (χ4n) is 3.39. The summed E-state index contributed by atoms with van der Waals surface area (Å²) in [6.07, 6.45) is 7.15. The standard InChI is InChI=1S/C20H26FN5O/c1-13-12-22-20(25-18(13)26(2)3)24-17-11-14(21)9-10-16(17)19(27)23-15-7-5-4-6-8-15/h9-12,15H,4-8H2,1-3H3,(H,23,27)(H,22,24,25). The van der Waals surface area contributed by atoms with E-state index in [1.54, 1.807) is 6.20 Å². The summed E-state index contributed by atoms with van der Waals surface area (Å²) in [7, 11) is 3.79. The molecule has 0 aliphatic heterocycles. The summed E-state index contributed by atoms with van der Waals surface area (Å²) in [6, 6.07) is 4.27. The van der Waals surface area contributed by atoms with Gasteiger partial charge >= 0.3 is 0 Å². The normalized spacial score (nSPS) is 14.7. The van der Waals surface area contributed by atoms with Gasteiger partial charge in [-0.15, -0.1) is 0 Å². The van der Waals surface area contributed by atoms with E-state index in [-0.39, 0.29) is 11.9 Å². The molecule has 1 amide bonds. The van der Waals surface area contributed by atoms with Crippen LogP contribution in [0.4, 0.5) is 21.8 Å². The molecule has 1 aliphatic rings. The minimum atomic E-state index is -0.424. The molecular weight excluding hydrogens is 345 g/mol. The largest absolute Gasteiger partial charge is 0.362 e. The monoisotopic (exact) mass is 371 g/mol. The lowest BCUT2D eigenvalue weighted by molar-refractivity contribution is 0.0928. The number of carbonyl (C=O) groups excluding carboxylic acids is 1. The highest BCUT2D eigenvalue weighted by Crippen LogP contribution is 2.24. The second-order valence-corrected chi connectivity index (χ2v) is 7.22. The maximum absolute atomic E-state index is 13.8. The van der Waals surface area contributed by atoms with Gasteiger partial charge in [-0.1, -0.05) is 19.3 Å². The lowest BCUT2D eigenvalue weighted by atomic mass is 9.95. The van der Waals surface area contributed by atoms with Crippen molar-refractivity contribution in [3.63, 3.8) is 0 Å². The maximum Gasteiger partial charge on any atom is 0.253 e. The first-order valence-electron chi connectivity index (χ1n) is 9.32. The maximum atomic E-state index is 13.8. The van der Waals surface area contributed by atoms with Gasteiger partial charge in [-0.2, -0.15) is 4.98 Å². The van der Waals surface area contributed by atoms with Crippen LogP contribution in [0, 0.1) is 12.7 Å². The van der Waals surface area contributed by atoms with E-state index < -0.39 is 5.82 Å². The number of halogens is 1. The Morgan fingerprint density at radius 1 is 1.22 bits per heavy atom. The summed E-state index contributed by atoms with van der Waals surface area (Å²) in [5.41, 5.74) is 1.68. The van der Waals surface area contributed by atoms with Gasteiger partial charge in [-0.05, 0) is 38.0 Å². The van der Waals surface area contributed by atoms with Crippen LogP contribution in [-0.2, 0) is 0 Å². The van der Waals surface area contributed by atoms with Crippen LogP contribution in [0.1, 0.15) is 48.0 Å². The zero-order valence-corrected chi connectivity index (χ0v) is 16.1. The Bertz CT molecular complexity index is 818. The van der Waals surface area contributed by atoms with E-state index in [2.05, 4.69) is 20.6 Å². The first-order chi connectivity index (χ1) is 12.9. The molecule has 1 fully saturated rings. The van der Waals surface area contributed by atoms with Crippen LogP contribution in [0.5, 0.6) is 0 Å². The lowest BCUT2D eigenvalue weighted by Crippen LogP contribution is -2.36. The number of anilines is 3. The number of hydrogen-bond donors (Lipinski definition) is 2. The third-order valence-corrected chi connectivity index (χ3v) is 4.78. The van der Waals surface area contributed by atoms with Crippen molar-refractivity contribution in [2.45, 2.75) is 45.1 Å². The third kappa shape index (κ3) is 4.72. The summed E-state index contributed by atoms with van der Waals surface area (Å²) >= 11 is 0. The molecule has 0 spiro atoms. The summed E-state index contributed by atoms with van der Waals surface area (Å²) in [5, 5.41) is 6.07. The number of nitrogens with one attached hydrogen (secondary N) is 2. The number of hydrogen-bond acceptors (Lipinski definition) is 5. The van der Waals surface area contributed by atoms with Crippen LogP contribution >= 0.6 is 0 Å². The van der Waals surface area contributed by atoms with Crippen LogP contribution in [0.2, 0.25) is 0 Å². The van der Waals surface area contributed by atoms with Crippen LogP contribution < -0.4 is 15.5 Å². The van der Waals surface area contributed by atoms with E-state index in [0.29, 0.717) is 17.2 Å². The molecule has 27 heavy (non-hydrogen) atoms. The average molecular weight is 371 g/mol. The highest BCUT2D eigenvalue weighted by Gasteiger charge is 2.19. The third-order valence-electron chi connectivity index (χ3n) is 4.78. The van der Waals surface area contributed by atoms with E-state index in [1.165, 1.54) is 24.6 Å². The molecule has 1 heterocycles. The summed E-state index contributed by atoms with van der Waals surface area (Å²) < 4.78 is 13.8. The molecule has 0 radical (unpaired) electrons. The Morgan fingerprint density at radius 3 is 2.67 bits per heavy atom. The number of amides is 1. The number of benzene rings is 1. The van der Waals surface area contributed by atoms with Crippen LogP contribution in [0.15, 0.2) is 24.4 Å². The van der Waals surface area contributed by atoms with Crippen molar-refractivity contribution in [2.24, 2.45) is 0 Å². The number of rotatable bonds is 5. The van der Waals surface area contributed by atoms with Crippen molar-refractivity contribution in [1.29, 1.82) is 0 Å². The first-order valence-corrected chi connectivity index (χ1v) is 9.32. The van der Waals surface area contributed by atoms with Gasteiger partial charge in [0.15, 0.2) is 0 Å². The molecule has 1 saturated carbocycles. The van der Waals surface area contributed by atoms with Gasteiger partial charge in [-0.25, -0.2) is 9.37 Å². The molecule has 0 saturated heterocycles. The van der Waals surface area contributed by atoms with E-state index in [1.807, 2.05) is 25.9 Å². The molecule has 1 aromatic heterocycles. The molecule has 144 valence electrons. The minimum absolute atomic E-state index is 0.181. The van der Waals surface area contributed by atoms with Gasteiger partial charge in [-0.3, -0.25) is 4.79 Å². The number of aromatic nitrogens is 2. The fourth-order valence-corrected chi connectivity index (χ4v) is 3.39. The van der Waals surface area contributed by atoms with Crippen LogP contribution in [-0.4, -0.2) is 36.0 Å². The molecule has 2 N–H and O–H groups in total. The molecule has 1 aliphatic carbocycles. The van der Waals surface area contributed by atoms with Gasteiger partial charge in [0.25, 0.3) is 5.91 Å². The van der Waals surface area contributed by atoms with Gasteiger partial charge in [0.1, 0.15) is 11.6 Å². The molecule has 0 atom stereocenters. The predicted molar refractivity (Wildman–Crippen MR) is 105 cm³/mol.